The number of methoxy groups -OCH3 is 1. The van der Waals surface area contributed by atoms with E-state index in [1.54, 1.807) is 0 Å². The molecule has 0 aliphatic carbocycles. The summed E-state index contributed by atoms with van der Waals surface area (Å²) in [5.41, 5.74) is 0. The van der Waals surface area contributed by atoms with Gasteiger partial charge in [-0.2, -0.15) is 0 Å². The summed E-state index contributed by atoms with van der Waals surface area (Å²) < 4.78 is 4.43. The number of carbonyl (C=O) groups excluding carboxylic acids is 2. The van der Waals surface area contributed by atoms with E-state index < -0.39 is 0 Å². The lowest BCUT2D eigenvalue weighted by Crippen LogP contribution is -2.31. The molecule has 0 aromatic rings. The maximum atomic E-state index is 10.9. The van der Waals surface area contributed by atoms with Crippen LogP contribution in [0.2, 0.25) is 0 Å². The van der Waals surface area contributed by atoms with E-state index in [0.29, 0.717) is 13.0 Å². The van der Waals surface area contributed by atoms with Gasteiger partial charge in [0.05, 0.1) is 7.11 Å². The number of rotatable bonds is 2. The monoisotopic (exact) mass is 187 g/mol. The van der Waals surface area contributed by atoms with Gasteiger partial charge >= 0.3 is 5.97 Å². The number of hydrogen-bond acceptors (Lipinski definition) is 3. The zero-order valence-electron chi connectivity index (χ0n) is 8.50. The van der Waals surface area contributed by atoms with Crippen molar-refractivity contribution in [2.45, 2.75) is 26.7 Å². The normalized spacial score (nSPS) is 15.0. The van der Waals surface area contributed by atoms with Gasteiger partial charge in [0.25, 0.3) is 0 Å². The molecular weight excluding hydrogens is 170 g/mol. The van der Waals surface area contributed by atoms with Crippen LogP contribution in [-0.2, 0) is 14.3 Å². The third kappa shape index (κ3) is 3.92. The average Bonchev–Trinajstić information content (AvgIpc) is 2.55. The van der Waals surface area contributed by atoms with E-state index >= 15 is 0 Å². The van der Waals surface area contributed by atoms with Crippen LogP contribution < -0.4 is 0 Å². The first-order valence-corrected chi connectivity index (χ1v) is 4.58. The molecule has 0 N–H and O–H groups in total. The molecule has 0 bridgehead atoms. The Morgan fingerprint density at radius 2 is 2.15 bits per heavy atom. The van der Waals surface area contributed by atoms with Crippen molar-refractivity contribution in [2.75, 3.05) is 20.2 Å². The minimum absolute atomic E-state index is 0.0513. The summed E-state index contributed by atoms with van der Waals surface area (Å²) in [6.45, 7) is 4.79. The quantitative estimate of drug-likeness (QED) is 0.601. The lowest BCUT2D eigenvalue weighted by molar-refractivity contribution is -0.145. The molecule has 0 aromatic heterocycles. The number of ether oxygens (including phenoxy) is 1. The minimum atomic E-state index is -0.347. The van der Waals surface area contributed by atoms with Crippen LogP contribution in [0, 0.1) is 0 Å². The van der Waals surface area contributed by atoms with E-state index in [2.05, 4.69) is 4.74 Å². The van der Waals surface area contributed by atoms with Crippen LogP contribution in [0.25, 0.3) is 0 Å². The fraction of sp³-hybridized carbons (Fsp3) is 0.778. The van der Waals surface area contributed by atoms with Gasteiger partial charge in [0.1, 0.15) is 6.54 Å². The molecule has 1 rings (SSSR count). The molecule has 0 atom stereocenters. The molecule has 0 saturated carbocycles. The molecule has 13 heavy (non-hydrogen) atoms. The van der Waals surface area contributed by atoms with Gasteiger partial charge < -0.3 is 9.64 Å². The SMILES string of the molecule is CC.COC(=O)CN1CCCC1=O. The number of esters is 1. The predicted octanol–water partition coefficient (Wildman–Crippen LogP) is 0.808. The number of likely N-dealkylation sites (tertiary alicyclic amines) is 1. The van der Waals surface area contributed by atoms with Gasteiger partial charge in [-0.3, -0.25) is 9.59 Å². The zero-order valence-corrected chi connectivity index (χ0v) is 8.50. The Bertz CT molecular complexity index is 180. The highest BCUT2D eigenvalue weighted by atomic mass is 16.5. The summed E-state index contributed by atoms with van der Waals surface area (Å²) in [6.07, 6.45) is 1.42. The predicted molar refractivity (Wildman–Crippen MR) is 49.2 cm³/mol. The largest absolute Gasteiger partial charge is 0.468 e. The maximum Gasteiger partial charge on any atom is 0.325 e. The number of nitrogens with zero attached hydrogens (tertiary/aromatic N) is 1. The molecule has 76 valence electrons. The van der Waals surface area contributed by atoms with Crippen LogP contribution in [0.4, 0.5) is 0 Å². The van der Waals surface area contributed by atoms with E-state index in [-0.39, 0.29) is 18.4 Å². The highest BCUT2D eigenvalue weighted by Crippen LogP contribution is 2.08. The molecule has 1 heterocycles. The van der Waals surface area contributed by atoms with Crippen LogP contribution in [0.5, 0.6) is 0 Å². The molecule has 0 spiro atoms. The molecule has 4 nitrogen and oxygen atoms in total. The van der Waals surface area contributed by atoms with Gasteiger partial charge in [0.2, 0.25) is 5.91 Å². The van der Waals surface area contributed by atoms with E-state index in [4.69, 9.17) is 0 Å². The Kier molecular flexibility index (Phi) is 5.93. The first-order valence-electron chi connectivity index (χ1n) is 4.58. The van der Waals surface area contributed by atoms with Crippen LogP contribution in [0.3, 0.4) is 0 Å². The van der Waals surface area contributed by atoms with Crippen LogP contribution >= 0.6 is 0 Å². The molecule has 1 fully saturated rings. The van der Waals surface area contributed by atoms with Gasteiger partial charge in [-0.1, -0.05) is 13.8 Å². The summed E-state index contributed by atoms with van der Waals surface area (Å²) in [5.74, 6) is -0.296. The Labute approximate surface area is 78.9 Å². The molecule has 0 aromatic carbocycles. The maximum absolute atomic E-state index is 10.9. The topological polar surface area (TPSA) is 46.6 Å². The summed E-state index contributed by atoms with van der Waals surface area (Å²) in [6, 6.07) is 0. The van der Waals surface area contributed by atoms with E-state index in [9.17, 15) is 9.59 Å². The van der Waals surface area contributed by atoms with E-state index in [0.717, 1.165) is 6.42 Å². The van der Waals surface area contributed by atoms with Gasteiger partial charge in [0.15, 0.2) is 0 Å². The van der Waals surface area contributed by atoms with Crippen molar-refractivity contribution in [1.29, 1.82) is 0 Å². The van der Waals surface area contributed by atoms with Gasteiger partial charge in [-0.15, -0.1) is 0 Å². The van der Waals surface area contributed by atoms with Crippen LogP contribution in [-0.4, -0.2) is 37.0 Å². The minimum Gasteiger partial charge on any atom is -0.468 e. The fourth-order valence-electron chi connectivity index (χ4n) is 1.09. The number of hydrogen-bond donors (Lipinski definition) is 0. The zero-order chi connectivity index (χ0) is 10.3. The average molecular weight is 187 g/mol. The lowest BCUT2D eigenvalue weighted by atomic mass is 10.4. The molecular formula is C9H17NO3. The first kappa shape index (κ1) is 11.9. The van der Waals surface area contributed by atoms with Crippen molar-refractivity contribution in [3.63, 3.8) is 0 Å². The third-order valence-electron chi connectivity index (χ3n) is 1.72. The van der Waals surface area contributed by atoms with Crippen molar-refractivity contribution in [1.82, 2.24) is 4.90 Å². The summed E-state index contributed by atoms with van der Waals surface area (Å²) in [5, 5.41) is 0. The van der Waals surface area contributed by atoms with E-state index in [1.807, 2.05) is 13.8 Å². The van der Waals surface area contributed by atoms with Crippen molar-refractivity contribution in [2.24, 2.45) is 0 Å². The molecule has 0 radical (unpaired) electrons. The van der Waals surface area contributed by atoms with Gasteiger partial charge in [-0.05, 0) is 6.42 Å². The Morgan fingerprint density at radius 3 is 2.54 bits per heavy atom. The molecule has 4 heteroatoms. The van der Waals surface area contributed by atoms with Gasteiger partial charge in [-0.25, -0.2) is 0 Å². The summed E-state index contributed by atoms with van der Waals surface area (Å²) in [7, 11) is 1.32. The first-order chi connectivity index (χ1) is 6.24. The molecule has 1 amide bonds. The second kappa shape index (κ2) is 6.46. The summed E-state index contributed by atoms with van der Waals surface area (Å²) >= 11 is 0. The number of carbonyl (C=O) groups is 2. The van der Waals surface area contributed by atoms with Crippen molar-refractivity contribution < 1.29 is 14.3 Å². The highest BCUT2D eigenvalue weighted by molar-refractivity contribution is 5.83. The molecule has 1 aliphatic heterocycles. The smallest absolute Gasteiger partial charge is 0.325 e. The van der Waals surface area contributed by atoms with Crippen LogP contribution in [0.1, 0.15) is 26.7 Å². The molecule has 0 unspecified atom stereocenters. The summed E-state index contributed by atoms with van der Waals surface area (Å²) in [4.78, 5) is 23.2. The van der Waals surface area contributed by atoms with Crippen molar-refractivity contribution in [3.05, 3.63) is 0 Å². The molecule has 1 saturated heterocycles. The second-order valence-electron chi connectivity index (χ2n) is 2.49. The van der Waals surface area contributed by atoms with E-state index in [1.165, 1.54) is 12.0 Å². The van der Waals surface area contributed by atoms with Crippen LogP contribution in [0.15, 0.2) is 0 Å². The Hall–Kier alpha value is -1.06. The van der Waals surface area contributed by atoms with Crippen molar-refractivity contribution >= 4 is 11.9 Å². The fourth-order valence-corrected chi connectivity index (χ4v) is 1.09. The number of amides is 1. The lowest BCUT2D eigenvalue weighted by Gasteiger charge is -2.12. The third-order valence-corrected chi connectivity index (χ3v) is 1.72. The Balaban J connectivity index is 0.000000671. The van der Waals surface area contributed by atoms with Gasteiger partial charge in [0, 0.05) is 13.0 Å². The van der Waals surface area contributed by atoms with Crippen molar-refractivity contribution in [3.8, 4) is 0 Å². The highest BCUT2D eigenvalue weighted by Gasteiger charge is 2.22. The second-order valence-corrected chi connectivity index (χ2v) is 2.49. The molecule has 1 aliphatic rings. The standard InChI is InChI=1S/C7H11NO3.C2H6/c1-11-7(10)5-8-4-2-3-6(8)9;1-2/h2-5H2,1H3;1-2H3. The Morgan fingerprint density at radius 1 is 1.54 bits per heavy atom.